The van der Waals surface area contributed by atoms with Gasteiger partial charge in [-0.1, -0.05) is 15.9 Å². The predicted molar refractivity (Wildman–Crippen MR) is 98.6 cm³/mol. The Morgan fingerprint density at radius 3 is 2.71 bits per heavy atom. The lowest BCUT2D eigenvalue weighted by molar-refractivity contribution is -0.158. The first kappa shape index (κ1) is 17.8. The fourth-order valence-electron chi connectivity index (χ4n) is 2.97. The number of aliphatic carboxylic acids is 1. The Balaban J connectivity index is 1.84. The number of hydrogen-bond donors (Lipinski definition) is 2. The Hall–Kier alpha value is -1.06. The van der Waals surface area contributed by atoms with Crippen LogP contribution in [-0.2, 0) is 9.59 Å². The minimum Gasteiger partial charge on any atom is -0.506 e. The second kappa shape index (κ2) is 6.03. The number of hydrogen-bond acceptors (Lipinski definition) is 5. The lowest BCUT2D eigenvalue weighted by Gasteiger charge is -2.41. The Bertz CT molecular complexity index is 768. The molecule has 1 amide bonds. The molecule has 2 N–H and O–H groups in total. The molecular weight excluding hydrogens is 464 g/mol. The molecule has 2 aliphatic rings. The molecular formula is C15H14Br2N2O4S. The SMILES string of the molecule is CC1(C)S[C@@H]2[C@H](N=Cc3cc(Br)cc(Br)c3O)C(=O)N2[C@H]1C(=O)O. The van der Waals surface area contributed by atoms with Gasteiger partial charge in [0.05, 0.1) is 4.47 Å². The maximum absolute atomic E-state index is 12.3. The predicted octanol–water partition coefficient (Wildman–Crippen LogP) is 2.85. The first-order valence-electron chi connectivity index (χ1n) is 7.07. The number of aliphatic imine (C=N–C) groups is 1. The number of carbonyl (C=O) groups is 2. The fraction of sp³-hybridized carbons (Fsp3) is 0.400. The van der Waals surface area contributed by atoms with E-state index in [9.17, 15) is 19.8 Å². The maximum atomic E-state index is 12.3. The number of halogens is 2. The summed E-state index contributed by atoms with van der Waals surface area (Å²) in [6.45, 7) is 3.64. The topological polar surface area (TPSA) is 90.2 Å². The summed E-state index contributed by atoms with van der Waals surface area (Å²) < 4.78 is 0.705. The van der Waals surface area contributed by atoms with E-state index < -0.39 is 22.8 Å². The maximum Gasteiger partial charge on any atom is 0.327 e. The summed E-state index contributed by atoms with van der Waals surface area (Å²) >= 11 is 8.02. The van der Waals surface area contributed by atoms with Gasteiger partial charge in [0.15, 0.2) is 6.04 Å². The molecule has 0 spiro atoms. The molecule has 2 fully saturated rings. The van der Waals surface area contributed by atoms with Gasteiger partial charge >= 0.3 is 5.97 Å². The molecule has 3 rings (SSSR count). The van der Waals surface area contributed by atoms with Crippen LogP contribution >= 0.6 is 43.6 Å². The highest BCUT2D eigenvalue weighted by molar-refractivity contribution is 9.11. The molecule has 0 aromatic heterocycles. The van der Waals surface area contributed by atoms with Gasteiger partial charge in [0.1, 0.15) is 17.2 Å². The van der Waals surface area contributed by atoms with Crippen molar-refractivity contribution in [1.29, 1.82) is 0 Å². The number of benzene rings is 1. The number of rotatable bonds is 3. The van der Waals surface area contributed by atoms with Crippen molar-refractivity contribution < 1.29 is 19.8 Å². The van der Waals surface area contributed by atoms with Gasteiger partial charge in [-0.05, 0) is 41.9 Å². The van der Waals surface area contributed by atoms with Crippen molar-refractivity contribution in [1.82, 2.24) is 4.90 Å². The molecule has 24 heavy (non-hydrogen) atoms. The lowest BCUT2D eigenvalue weighted by atomic mass is 9.96. The van der Waals surface area contributed by atoms with Crippen LogP contribution in [0, 0.1) is 0 Å². The molecule has 0 aliphatic carbocycles. The van der Waals surface area contributed by atoms with Crippen LogP contribution in [0.1, 0.15) is 19.4 Å². The second-order valence-electron chi connectivity index (χ2n) is 6.15. The summed E-state index contributed by atoms with van der Waals surface area (Å²) in [6.07, 6.45) is 1.45. The minimum atomic E-state index is -1.00. The summed E-state index contributed by atoms with van der Waals surface area (Å²) in [5.74, 6) is -1.26. The van der Waals surface area contributed by atoms with Crippen LogP contribution in [0.5, 0.6) is 5.75 Å². The van der Waals surface area contributed by atoms with Gasteiger partial charge < -0.3 is 15.1 Å². The van der Waals surface area contributed by atoms with Gasteiger partial charge in [-0.2, -0.15) is 0 Å². The summed E-state index contributed by atoms with van der Waals surface area (Å²) in [6, 6.07) is 1.92. The number of phenols is 1. The molecule has 0 radical (unpaired) electrons. The lowest BCUT2D eigenvalue weighted by Crippen LogP contribution is -2.64. The van der Waals surface area contributed by atoms with E-state index in [1.165, 1.54) is 22.9 Å². The highest BCUT2D eigenvalue weighted by Gasteiger charge is 2.63. The normalized spacial score (nSPS) is 28.1. The third-order valence-corrected chi connectivity index (χ3v) is 6.70. The first-order valence-corrected chi connectivity index (χ1v) is 9.54. The number of thioether (sulfide) groups is 1. The zero-order chi connectivity index (χ0) is 17.8. The Morgan fingerprint density at radius 1 is 1.42 bits per heavy atom. The third kappa shape index (κ3) is 2.76. The van der Waals surface area contributed by atoms with Crippen LogP contribution in [0.4, 0.5) is 0 Å². The number of carboxylic acid groups (broad SMARTS) is 1. The van der Waals surface area contributed by atoms with Crippen molar-refractivity contribution >= 4 is 61.7 Å². The minimum absolute atomic E-state index is 0.0356. The van der Waals surface area contributed by atoms with Crippen molar-refractivity contribution in [3.63, 3.8) is 0 Å². The van der Waals surface area contributed by atoms with E-state index >= 15 is 0 Å². The standard InChI is InChI=1S/C15H14Br2N2O4S/c1-15(2)11(14(22)23)19-12(21)9(13(19)24-15)18-5-6-3-7(16)4-8(17)10(6)20/h3-5,9,11,13,20H,1-2H3,(H,22,23)/t9-,11+,13-/m1/s1. The van der Waals surface area contributed by atoms with Crippen LogP contribution in [0.25, 0.3) is 0 Å². The number of amides is 1. The van der Waals surface area contributed by atoms with Gasteiger partial charge in [0.2, 0.25) is 0 Å². The van der Waals surface area contributed by atoms with Crippen LogP contribution in [0.3, 0.4) is 0 Å². The molecule has 9 heteroatoms. The van der Waals surface area contributed by atoms with E-state index in [-0.39, 0.29) is 17.0 Å². The number of carboxylic acids is 1. The van der Waals surface area contributed by atoms with Crippen molar-refractivity contribution in [3.8, 4) is 5.75 Å². The van der Waals surface area contributed by atoms with E-state index in [1.807, 2.05) is 13.8 Å². The van der Waals surface area contributed by atoms with E-state index in [0.29, 0.717) is 10.0 Å². The van der Waals surface area contributed by atoms with Gasteiger partial charge in [0.25, 0.3) is 5.91 Å². The monoisotopic (exact) mass is 476 g/mol. The summed E-state index contributed by atoms with van der Waals surface area (Å²) in [5, 5.41) is 19.1. The van der Waals surface area contributed by atoms with E-state index in [1.54, 1.807) is 12.1 Å². The summed E-state index contributed by atoms with van der Waals surface area (Å²) in [4.78, 5) is 29.5. The zero-order valence-electron chi connectivity index (χ0n) is 12.7. The molecule has 1 aromatic rings. The molecule has 0 bridgehead atoms. The van der Waals surface area contributed by atoms with E-state index in [4.69, 9.17) is 0 Å². The summed E-state index contributed by atoms with van der Waals surface area (Å²) in [5.41, 5.74) is 0.472. The third-order valence-electron chi connectivity index (χ3n) is 4.08. The largest absolute Gasteiger partial charge is 0.506 e. The molecule has 0 saturated carbocycles. The quantitative estimate of drug-likeness (QED) is 0.516. The van der Waals surface area contributed by atoms with Crippen molar-refractivity contribution in [2.24, 2.45) is 4.99 Å². The van der Waals surface area contributed by atoms with Gasteiger partial charge in [-0.15, -0.1) is 11.8 Å². The van der Waals surface area contributed by atoms with Gasteiger partial charge in [-0.25, -0.2) is 4.79 Å². The molecule has 2 saturated heterocycles. The van der Waals surface area contributed by atoms with Crippen molar-refractivity contribution in [2.75, 3.05) is 0 Å². The highest BCUT2D eigenvalue weighted by atomic mass is 79.9. The molecule has 128 valence electrons. The van der Waals surface area contributed by atoms with Gasteiger partial charge in [0, 0.05) is 21.0 Å². The second-order valence-corrected chi connectivity index (χ2v) is 9.69. The van der Waals surface area contributed by atoms with Crippen LogP contribution in [-0.4, -0.2) is 55.4 Å². The number of phenolic OH excluding ortho intramolecular Hbond substituents is 1. The average molecular weight is 478 g/mol. The van der Waals surface area contributed by atoms with Crippen LogP contribution in [0.15, 0.2) is 26.1 Å². The summed E-state index contributed by atoms with van der Waals surface area (Å²) in [7, 11) is 0. The van der Waals surface area contributed by atoms with Crippen molar-refractivity contribution in [3.05, 3.63) is 26.6 Å². The average Bonchev–Trinajstić information content (AvgIpc) is 2.72. The Morgan fingerprint density at radius 2 is 2.08 bits per heavy atom. The number of fused-ring (bicyclic) bond motifs is 1. The van der Waals surface area contributed by atoms with Crippen LogP contribution < -0.4 is 0 Å². The zero-order valence-corrected chi connectivity index (χ0v) is 16.7. The molecule has 0 unspecified atom stereocenters. The number of aromatic hydroxyl groups is 1. The Labute approximate surface area is 159 Å². The van der Waals surface area contributed by atoms with Crippen molar-refractivity contribution in [2.45, 2.75) is 36.1 Å². The smallest absolute Gasteiger partial charge is 0.327 e. The van der Waals surface area contributed by atoms with E-state index in [0.717, 1.165) is 4.47 Å². The molecule has 1 aromatic carbocycles. The first-order chi connectivity index (χ1) is 11.1. The van der Waals surface area contributed by atoms with Gasteiger partial charge in [-0.3, -0.25) is 9.79 Å². The highest BCUT2D eigenvalue weighted by Crippen LogP contribution is 2.51. The number of β-lactam (4-membered cyclic amide) rings is 1. The molecule has 2 aliphatic heterocycles. The Kier molecular flexibility index (Phi) is 4.46. The van der Waals surface area contributed by atoms with Crippen LogP contribution in [0.2, 0.25) is 0 Å². The molecule has 6 nitrogen and oxygen atoms in total. The number of nitrogens with zero attached hydrogens (tertiary/aromatic N) is 2. The fourth-order valence-corrected chi connectivity index (χ4v) is 5.85. The van der Waals surface area contributed by atoms with E-state index in [2.05, 4.69) is 36.9 Å². The number of carbonyl (C=O) groups excluding carboxylic acids is 1. The molecule has 3 atom stereocenters. The molecule has 2 heterocycles.